The lowest BCUT2D eigenvalue weighted by Crippen LogP contribution is -2.63. The number of nitrogens with one attached hydrogen (secondary N) is 2. The number of amides is 1. The quantitative estimate of drug-likeness (QED) is 0.683. The van der Waals surface area contributed by atoms with E-state index in [4.69, 9.17) is 0 Å². The van der Waals surface area contributed by atoms with Crippen molar-refractivity contribution >= 4 is 5.91 Å². The van der Waals surface area contributed by atoms with E-state index < -0.39 is 0 Å². The third-order valence-corrected chi connectivity index (χ3v) is 4.39. The van der Waals surface area contributed by atoms with Crippen LogP contribution in [0.4, 0.5) is 0 Å². The summed E-state index contributed by atoms with van der Waals surface area (Å²) >= 11 is 0. The lowest BCUT2D eigenvalue weighted by Gasteiger charge is -2.45. The van der Waals surface area contributed by atoms with Gasteiger partial charge in [-0.1, -0.05) is 13.8 Å². The molecule has 2 fully saturated rings. The number of carbonyl (C=O) groups excluding carboxylic acids is 1. The van der Waals surface area contributed by atoms with Gasteiger partial charge in [-0.2, -0.15) is 0 Å². The average Bonchev–Trinajstić information content (AvgIpc) is 2.22. The monoisotopic (exact) mass is 240 g/mol. The molecule has 2 rings (SSSR count). The minimum absolute atomic E-state index is 0.00270. The van der Waals surface area contributed by atoms with Gasteiger partial charge < -0.3 is 15.7 Å². The molecule has 0 radical (unpaired) electrons. The summed E-state index contributed by atoms with van der Waals surface area (Å²) in [6.45, 7) is 5.24. The highest BCUT2D eigenvalue weighted by atomic mass is 16.3. The Kier molecular flexibility index (Phi) is 3.46. The van der Waals surface area contributed by atoms with Gasteiger partial charge in [0.25, 0.3) is 0 Å². The van der Waals surface area contributed by atoms with E-state index >= 15 is 0 Å². The van der Waals surface area contributed by atoms with Gasteiger partial charge in [-0.25, -0.2) is 0 Å². The van der Waals surface area contributed by atoms with E-state index in [2.05, 4.69) is 24.5 Å². The highest BCUT2D eigenvalue weighted by Crippen LogP contribution is 2.34. The van der Waals surface area contributed by atoms with Crippen LogP contribution in [-0.2, 0) is 4.79 Å². The molecule has 1 atom stereocenters. The van der Waals surface area contributed by atoms with Crippen LogP contribution in [0.15, 0.2) is 0 Å². The molecule has 1 amide bonds. The van der Waals surface area contributed by atoms with Gasteiger partial charge >= 0.3 is 0 Å². The van der Waals surface area contributed by atoms with E-state index in [0.29, 0.717) is 0 Å². The number of hydrogen-bond acceptors (Lipinski definition) is 3. The molecule has 3 N–H and O–H groups in total. The predicted octanol–water partition coefficient (Wildman–Crippen LogP) is 0.796. The second kappa shape index (κ2) is 4.58. The van der Waals surface area contributed by atoms with Crippen molar-refractivity contribution in [2.24, 2.45) is 5.41 Å². The van der Waals surface area contributed by atoms with Crippen molar-refractivity contribution in [3.05, 3.63) is 0 Å². The van der Waals surface area contributed by atoms with Crippen molar-refractivity contribution in [1.29, 1.82) is 0 Å². The van der Waals surface area contributed by atoms with Gasteiger partial charge in [0, 0.05) is 0 Å². The number of hydrogen-bond donors (Lipinski definition) is 3. The molecular formula is C13H24N2O2. The van der Waals surface area contributed by atoms with Gasteiger partial charge in [0.05, 0.1) is 18.2 Å². The molecule has 1 aliphatic carbocycles. The zero-order chi connectivity index (χ0) is 12.5. The van der Waals surface area contributed by atoms with Crippen LogP contribution >= 0.6 is 0 Å². The molecule has 1 saturated carbocycles. The maximum atomic E-state index is 12.3. The number of aliphatic hydroxyl groups is 1. The molecule has 2 aliphatic rings. The molecule has 0 aromatic rings. The highest BCUT2D eigenvalue weighted by molar-refractivity contribution is 5.83. The van der Waals surface area contributed by atoms with Crippen LogP contribution in [-0.4, -0.2) is 35.7 Å². The van der Waals surface area contributed by atoms with E-state index in [1.165, 1.54) is 0 Å². The van der Waals surface area contributed by atoms with Crippen molar-refractivity contribution < 1.29 is 9.90 Å². The first kappa shape index (κ1) is 12.8. The Bertz CT molecular complexity index is 292. The maximum absolute atomic E-state index is 12.3. The van der Waals surface area contributed by atoms with Gasteiger partial charge in [-0.15, -0.1) is 0 Å². The Morgan fingerprint density at radius 3 is 2.53 bits per heavy atom. The fourth-order valence-corrected chi connectivity index (χ4v) is 2.92. The molecular weight excluding hydrogens is 216 g/mol. The van der Waals surface area contributed by atoms with Gasteiger partial charge in [-0.3, -0.25) is 4.79 Å². The van der Waals surface area contributed by atoms with Gasteiger partial charge in [0.1, 0.15) is 0 Å². The van der Waals surface area contributed by atoms with Crippen molar-refractivity contribution in [3.63, 3.8) is 0 Å². The first-order valence-electron chi connectivity index (χ1n) is 6.65. The molecule has 1 saturated heterocycles. The molecule has 0 spiro atoms. The lowest BCUT2D eigenvalue weighted by atomic mass is 9.74. The summed E-state index contributed by atoms with van der Waals surface area (Å²) in [6, 6.07) is -0.125. The third kappa shape index (κ3) is 2.47. The number of rotatable bonds is 3. The van der Waals surface area contributed by atoms with E-state index in [1.807, 2.05) is 0 Å². The zero-order valence-electron chi connectivity index (χ0n) is 10.9. The molecule has 98 valence electrons. The van der Waals surface area contributed by atoms with Crippen LogP contribution in [0.25, 0.3) is 0 Å². The minimum Gasteiger partial charge on any atom is -0.394 e. The van der Waals surface area contributed by atoms with E-state index in [0.717, 1.165) is 38.6 Å². The van der Waals surface area contributed by atoms with Crippen molar-refractivity contribution in [3.8, 4) is 0 Å². The first-order valence-corrected chi connectivity index (χ1v) is 6.65. The summed E-state index contributed by atoms with van der Waals surface area (Å²) in [4.78, 5) is 12.3. The summed E-state index contributed by atoms with van der Waals surface area (Å²) in [5.41, 5.74) is -0.324. The van der Waals surface area contributed by atoms with E-state index in [-0.39, 0.29) is 29.5 Å². The van der Waals surface area contributed by atoms with Crippen LogP contribution in [0.3, 0.4) is 0 Å². The van der Waals surface area contributed by atoms with Crippen LogP contribution in [0.2, 0.25) is 0 Å². The number of piperidine rings is 1. The Hall–Kier alpha value is -0.610. The molecule has 4 nitrogen and oxygen atoms in total. The zero-order valence-corrected chi connectivity index (χ0v) is 10.9. The van der Waals surface area contributed by atoms with Gasteiger partial charge in [0.15, 0.2) is 0 Å². The number of carbonyl (C=O) groups is 1. The summed E-state index contributed by atoms with van der Waals surface area (Å²) in [6.07, 6.45) is 5.11. The SMILES string of the molecule is CC1(C)CCCNC1C(=O)NC1(CO)CCC1. The van der Waals surface area contributed by atoms with Gasteiger partial charge in [0.2, 0.25) is 5.91 Å². The Labute approximate surface area is 103 Å². The Morgan fingerprint density at radius 2 is 2.06 bits per heavy atom. The number of aliphatic hydroxyl groups excluding tert-OH is 1. The maximum Gasteiger partial charge on any atom is 0.238 e. The standard InChI is InChI=1S/C13H24N2O2/c1-12(2)5-4-8-14-10(12)11(17)15-13(9-16)6-3-7-13/h10,14,16H,3-9H2,1-2H3,(H,15,17). The summed E-state index contributed by atoms with van der Waals surface area (Å²) < 4.78 is 0. The Balaban J connectivity index is 1.99. The Morgan fingerprint density at radius 1 is 1.35 bits per heavy atom. The molecule has 1 aliphatic heterocycles. The second-order valence-electron chi connectivity index (χ2n) is 6.26. The normalized spacial score (nSPS) is 30.4. The van der Waals surface area contributed by atoms with Crippen LogP contribution in [0.1, 0.15) is 46.0 Å². The van der Waals surface area contributed by atoms with Crippen LogP contribution in [0.5, 0.6) is 0 Å². The predicted molar refractivity (Wildman–Crippen MR) is 66.6 cm³/mol. The molecule has 0 bridgehead atoms. The highest BCUT2D eigenvalue weighted by Gasteiger charge is 2.43. The summed E-state index contributed by atoms with van der Waals surface area (Å²) in [5.74, 6) is 0.0588. The van der Waals surface area contributed by atoms with E-state index in [1.54, 1.807) is 0 Å². The first-order chi connectivity index (χ1) is 7.99. The summed E-state index contributed by atoms with van der Waals surface area (Å²) in [7, 11) is 0. The topological polar surface area (TPSA) is 61.4 Å². The molecule has 17 heavy (non-hydrogen) atoms. The second-order valence-corrected chi connectivity index (χ2v) is 6.26. The fourth-order valence-electron chi connectivity index (χ4n) is 2.92. The van der Waals surface area contributed by atoms with Gasteiger partial charge in [-0.05, 0) is 44.1 Å². The minimum atomic E-state index is -0.327. The smallest absolute Gasteiger partial charge is 0.238 e. The van der Waals surface area contributed by atoms with Crippen molar-refractivity contribution in [2.75, 3.05) is 13.2 Å². The van der Waals surface area contributed by atoms with Crippen LogP contribution in [0, 0.1) is 5.41 Å². The molecule has 1 unspecified atom stereocenters. The van der Waals surface area contributed by atoms with Crippen LogP contribution < -0.4 is 10.6 Å². The fraction of sp³-hybridized carbons (Fsp3) is 0.923. The molecule has 0 aromatic carbocycles. The molecule has 1 heterocycles. The third-order valence-electron chi connectivity index (χ3n) is 4.39. The molecule has 0 aromatic heterocycles. The lowest BCUT2D eigenvalue weighted by molar-refractivity contribution is -0.130. The average molecular weight is 240 g/mol. The van der Waals surface area contributed by atoms with E-state index in [9.17, 15) is 9.90 Å². The largest absolute Gasteiger partial charge is 0.394 e. The molecule has 4 heteroatoms. The van der Waals surface area contributed by atoms with Crippen molar-refractivity contribution in [2.45, 2.75) is 57.5 Å². The summed E-state index contributed by atoms with van der Waals surface area (Å²) in [5, 5.41) is 15.7. The van der Waals surface area contributed by atoms with Crippen molar-refractivity contribution in [1.82, 2.24) is 10.6 Å².